The van der Waals surface area contributed by atoms with Gasteiger partial charge >= 0.3 is 5.97 Å². The molecule has 3 aromatic carbocycles. The second-order valence-electron chi connectivity index (χ2n) is 11.0. The molecule has 1 unspecified atom stereocenters. The van der Waals surface area contributed by atoms with E-state index in [2.05, 4.69) is 81.4 Å². The summed E-state index contributed by atoms with van der Waals surface area (Å²) in [6.45, 7) is 6.57. The van der Waals surface area contributed by atoms with E-state index in [-0.39, 0.29) is 12.1 Å². The lowest BCUT2D eigenvalue weighted by atomic mass is 9.98. The maximum absolute atomic E-state index is 12.8. The highest BCUT2D eigenvalue weighted by Crippen LogP contribution is 2.27. The minimum absolute atomic E-state index is 0.246. The van der Waals surface area contributed by atoms with Crippen LogP contribution in [0.4, 0.5) is 0 Å². The summed E-state index contributed by atoms with van der Waals surface area (Å²) in [4.78, 5) is 12.8. The van der Waals surface area contributed by atoms with Gasteiger partial charge in [-0.1, -0.05) is 139 Å². The number of aryl methyl sites for hydroxylation is 2. The van der Waals surface area contributed by atoms with Crippen LogP contribution in [0.15, 0.2) is 72.8 Å². The molecule has 0 fully saturated rings. The molecule has 0 aliphatic rings. The highest BCUT2D eigenvalue weighted by atomic mass is 16.5. The van der Waals surface area contributed by atoms with Crippen LogP contribution in [0, 0.1) is 0 Å². The van der Waals surface area contributed by atoms with E-state index in [9.17, 15) is 4.79 Å². The summed E-state index contributed by atoms with van der Waals surface area (Å²) in [5.74, 6) is -0.250. The summed E-state index contributed by atoms with van der Waals surface area (Å²) >= 11 is 0. The average molecular weight is 527 g/mol. The fourth-order valence-electron chi connectivity index (χ4n) is 5.19. The molecule has 2 heteroatoms. The molecular weight excluding hydrogens is 476 g/mol. The summed E-state index contributed by atoms with van der Waals surface area (Å²) in [5.41, 5.74) is 6.79. The summed E-state index contributed by atoms with van der Waals surface area (Å²) in [6, 6.07) is 25.4. The minimum atomic E-state index is -0.250. The van der Waals surface area contributed by atoms with Crippen molar-refractivity contribution in [2.45, 2.75) is 117 Å². The van der Waals surface area contributed by atoms with E-state index >= 15 is 0 Å². The molecule has 2 nitrogen and oxygen atoms in total. The second-order valence-corrected chi connectivity index (χ2v) is 11.0. The van der Waals surface area contributed by atoms with Gasteiger partial charge in [-0.15, -0.1) is 0 Å². The van der Waals surface area contributed by atoms with E-state index in [1.807, 2.05) is 12.1 Å². The average Bonchev–Trinajstić information content (AvgIpc) is 2.98. The Bertz CT molecular complexity index is 1060. The summed E-state index contributed by atoms with van der Waals surface area (Å²) in [7, 11) is 0. The number of unbranched alkanes of at least 4 members (excludes halogenated alkanes) is 9. The molecule has 0 saturated carbocycles. The van der Waals surface area contributed by atoms with Crippen molar-refractivity contribution in [3.63, 3.8) is 0 Å². The quantitative estimate of drug-likeness (QED) is 0.122. The van der Waals surface area contributed by atoms with Gasteiger partial charge in [0.1, 0.15) is 6.10 Å². The molecule has 0 aliphatic carbocycles. The zero-order valence-corrected chi connectivity index (χ0v) is 24.7. The Labute approximate surface area is 238 Å². The molecule has 0 aromatic heterocycles. The van der Waals surface area contributed by atoms with Crippen LogP contribution in [-0.4, -0.2) is 5.97 Å². The van der Waals surface area contributed by atoms with E-state index in [1.54, 1.807) is 0 Å². The number of rotatable bonds is 18. The SMILES string of the molecule is CCCCCCCCCc1ccc(-c2ccc(C(CC)OC(=O)c3ccc(CCCCCC)cc3)cc2)cc1. The molecular formula is C37H50O2. The van der Waals surface area contributed by atoms with Crippen molar-refractivity contribution in [2.75, 3.05) is 0 Å². The van der Waals surface area contributed by atoms with Gasteiger partial charge in [0.2, 0.25) is 0 Å². The van der Waals surface area contributed by atoms with Crippen LogP contribution in [0.25, 0.3) is 11.1 Å². The Hall–Kier alpha value is -2.87. The van der Waals surface area contributed by atoms with Gasteiger partial charge in [-0.3, -0.25) is 0 Å². The molecule has 3 aromatic rings. The number of ether oxygens (including phenoxy) is 1. The Morgan fingerprint density at radius 3 is 1.51 bits per heavy atom. The van der Waals surface area contributed by atoms with Crippen molar-refractivity contribution in [3.05, 3.63) is 95.1 Å². The van der Waals surface area contributed by atoms with Crippen molar-refractivity contribution in [1.29, 1.82) is 0 Å². The largest absolute Gasteiger partial charge is 0.454 e. The molecule has 0 saturated heterocycles. The van der Waals surface area contributed by atoms with E-state index < -0.39 is 0 Å². The van der Waals surface area contributed by atoms with Crippen molar-refractivity contribution >= 4 is 5.97 Å². The number of hydrogen-bond donors (Lipinski definition) is 0. The molecule has 0 spiro atoms. The number of hydrogen-bond acceptors (Lipinski definition) is 2. The third kappa shape index (κ3) is 10.7. The topological polar surface area (TPSA) is 26.3 Å². The fraction of sp³-hybridized carbons (Fsp3) is 0.486. The van der Waals surface area contributed by atoms with Crippen LogP contribution >= 0.6 is 0 Å². The fourth-order valence-corrected chi connectivity index (χ4v) is 5.19. The second kappa shape index (κ2) is 17.7. The summed E-state index contributed by atoms with van der Waals surface area (Å²) < 4.78 is 5.92. The molecule has 39 heavy (non-hydrogen) atoms. The predicted octanol–water partition coefficient (Wildman–Crippen LogP) is 11.1. The van der Waals surface area contributed by atoms with Crippen LogP contribution < -0.4 is 0 Å². The highest BCUT2D eigenvalue weighted by molar-refractivity contribution is 5.89. The van der Waals surface area contributed by atoms with E-state index in [0.717, 1.165) is 24.8 Å². The van der Waals surface area contributed by atoms with Crippen LogP contribution in [0.3, 0.4) is 0 Å². The Balaban J connectivity index is 1.49. The molecule has 3 rings (SSSR count). The molecule has 0 radical (unpaired) electrons. The van der Waals surface area contributed by atoms with Gasteiger partial charge in [0.25, 0.3) is 0 Å². The Morgan fingerprint density at radius 1 is 0.564 bits per heavy atom. The molecule has 0 heterocycles. The zero-order valence-electron chi connectivity index (χ0n) is 24.7. The number of carbonyl (C=O) groups is 1. The number of esters is 1. The molecule has 210 valence electrons. The van der Waals surface area contributed by atoms with Gasteiger partial charge in [0.05, 0.1) is 5.56 Å². The Morgan fingerprint density at radius 2 is 1.00 bits per heavy atom. The third-order valence-electron chi connectivity index (χ3n) is 7.77. The maximum atomic E-state index is 12.8. The van der Waals surface area contributed by atoms with Crippen LogP contribution in [-0.2, 0) is 17.6 Å². The first-order valence-electron chi connectivity index (χ1n) is 15.6. The maximum Gasteiger partial charge on any atom is 0.338 e. The number of carbonyl (C=O) groups excluding carboxylic acids is 1. The first kappa shape index (κ1) is 30.7. The molecule has 0 bridgehead atoms. The van der Waals surface area contributed by atoms with Crippen LogP contribution in [0.2, 0.25) is 0 Å². The lowest BCUT2D eigenvalue weighted by Gasteiger charge is -2.17. The van der Waals surface area contributed by atoms with Crippen molar-refractivity contribution in [2.24, 2.45) is 0 Å². The van der Waals surface area contributed by atoms with Crippen LogP contribution in [0.1, 0.15) is 131 Å². The van der Waals surface area contributed by atoms with Crippen molar-refractivity contribution < 1.29 is 9.53 Å². The predicted molar refractivity (Wildman–Crippen MR) is 166 cm³/mol. The first-order chi connectivity index (χ1) is 19.1. The van der Waals surface area contributed by atoms with Gasteiger partial charge in [-0.25, -0.2) is 4.79 Å². The molecule has 0 aliphatic heterocycles. The first-order valence-corrected chi connectivity index (χ1v) is 15.6. The van der Waals surface area contributed by atoms with E-state index in [4.69, 9.17) is 4.74 Å². The van der Waals surface area contributed by atoms with Gasteiger partial charge < -0.3 is 4.74 Å². The normalized spacial score (nSPS) is 11.9. The van der Waals surface area contributed by atoms with Crippen LogP contribution in [0.5, 0.6) is 0 Å². The van der Waals surface area contributed by atoms with Crippen molar-refractivity contribution in [1.82, 2.24) is 0 Å². The zero-order chi connectivity index (χ0) is 27.7. The molecule has 0 amide bonds. The minimum Gasteiger partial charge on any atom is -0.454 e. The highest BCUT2D eigenvalue weighted by Gasteiger charge is 2.17. The summed E-state index contributed by atoms with van der Waals surface area (Å²) in [6.07, 6.45) is 17.2. The van der Waals surface area contributed by atoms with E-state index in [1.165, 1.54) is 92.9 Å². The van der Waals surface area contributed by atoms with Crippen molar-refractivity contribution in [3.8, 4) is 11.1 Å². The van der Waals surface area contributed by atoms with Gasteiger partial charge in [-0.2, -0.15) is 0 Å². The molecule has 0 N–H and O–H groups in total. The van der Waals surface area contributed by atoms with Gasteiger partial charge in [-0.05, 0) is 72.1 Å². The van der Waals surface area contributed by atoms with E-state index in [0.29, 0.717) is 5.56 Å². The standard InChI is InChI=1S/C37H50O2/c1-4-7-9-11-12-13-15-17-30-18-22-32(23-19-30)33-26-28-34(29-27-33)36(6-3)39-37(38)35-24-20-31(21-25-35)16-14-10-8-5-2/h18-29,36H,4-17H2,1-3H3. The third-order valence-corrected chi connectivity index (χ3v) is 7.77. The number of benzene rings is 3. The lowest BCUT2D eigenvalue weighted by Crippen LogP contribution is -2.11. The Kier molecular flexibility index (Phi) is 13.9. The lowest BCUT2D eigenvalue weighted by molar-refractivity contribution is 0.0288. The smallest absolute Gasteiger partial charge is 0.338 e. The summed E-state index contributed by atoms with van der Waals surface area (Å²) in [5, 5.41) is 0. The van der Waals surface area contributed by atoms with Gasteiger partial charge in [0.15, 0.2) is 0 Å². The molecule has 1 atom stereocenters. The van der Waals surface area contributed by atoms with Gasteiger partial charge in [0, 0.05) is 0 Å². The monoisotopic (exact) mass is 526 g/mol.